The van der Waals surface area contributed by atoms with Crippen molar-refractivity contribution in [2.24, 2.45) is 0 Å². The van der Waals surface area contributed by atoms with E-state index >= 15 is 0 Å². The summed E-state index contributed by atoms with van der Waals surface area (Å²) in [6.45, 7) is 5.17. The van der Waals surface area contributed by atoms with E-state index in [1.54, 1.807) is 23.9 Å². The van der Waals surface area contributed by atoms with Crippen LogP contribution in [0, 0.1) is 0 Å². The van der Waals surface area contributed by atoms with Crippen molar-refractivity contribution in [3.63, 3.8) is 0 Å². The van der Waals surface area contributed by atoms with Gasteiger partial charge in [0.1, 0.15) is 5.82 Å². The molecule has 0 atom stereocenters. The van der Waals surface area contributed by atoms with Crippen molar-refractivity contribution in [1.82, 2.24) is 25.1 Å². The van der Waals surface area contributed by atoms with Crippen LogP contribution in [0.5, 0.6) is 0 Å². The fraction of sp³-hybridized carbons (Fsp3) is 0.474. The molecule has 3 aromatic rings. The number of thioether (sulfide) groups is 1. The van der Waals surface area contributed by atoms with Crippen LogP contribution in [0.2, 0.25) is 0 Å². The highest BCUT2D eigenvalue weighted by atomic mass is 32.2. The first-order valence-electron chi connectivity index (χ1n) is 9.69. The standard InChI is InChI=1S/C19H24N6O2S/c1-2-12-28-19-22-16(24-8-3-4-9-24)14-13-21-25(17(14)23-19)10-7-20-18(26)15-6-5-11-27-15/h5-6,11,13H,2-4,7-10,12H2,1H3,(H,20,26). The third-order valence-electron chi connectivity index (χ3n) is 4.65. The van der Waals surface area contributed by atoms with Crippen LogP contribution in [-0.2, 0) is 6.54 Å². The van der Waals surface area contributed by atoms with Crippen molar-refractivity contribution in [1.29, 1.82) is 0 Å². The molecule has 9 heteroatoms. The average Bonchev–Trinajstić information content (AvgIpc) is 3.47. The zero-order chi connectivity index (χ0) is 19.3. The molecule has 28 heavy (non-hydrogen) atoms. The molecule has 0 aliphatic carbocycles. The van der Waals surface area contributed by atoms with Gasteiger partial charge in [0.15, 0.2) is 16.6 Å². The lowest BCUT2D eigenvalue weighted by atomic mass is 10.3. The number of amides is 1. The highest BCUT2D eigenvalue weighted by Gasteiger charge is 2.21. The molecule has 4 heterocycles. The van der Waals surface area contributed by atoms with Gasteiger partial charge in [-0.3, -0.25) is 4.79 Å². The van der Waals surface area contributed by atoms with E-state index in [0.717, 1.165) is 47.3 Å². The second-order valence-electron chi connectivity index (χ2n) is 6.71. The quantitative estimate of drug-likeness (QED) is 0.459. The maximum absolute atomic E-state index is 12.0. The number of hydrogen-bond donors (Lipinski definition) is 1. The lowest BCUT2D eigenvalue weighted by Crippen LogP contribution is -2.27. The van der Waals surface area contributed by atoms with E-state index in [2.05, 4.69) is 22.2 Å². The van der Waals surface area contributed by atoms with Crippen molar-refractivity contribution in [2.45, 2.75) is 37.9 Å². The maximum atomic E-state index is 12.0. The van der Waals surface area contributed by atoms with Gasteiger partial charge in [0.05, 0.1) is 24.4 Å². The summed E-state index contributed by atoms with van der Waals surface area (Å²) < 4.78 is 6.96. The van der Waals surface area contributed by atoms with Crippen LogP contribution < -0.4 is 10.2 Å². The molecule has 1 N–H and O–H groups in total. The van der Waals surface area contributed by atoms with Gasteiger partial charge in [0, 0.05) is 25.4 Å². The van der Waals surface area contributed by atoms with Crippen LogP contribution in [0.4, 0.5) is 5.82 Å². The van der Waals surface area contributed by atoms with Crippen molar-refractivity contribution < 1.29 is 9.21 Å². The minimum Gasteiger partial charge on any atom is -0.459 e. The number of furan rings is 1. The SMILES string of the molecule is CCCSc1nc(N2CCCC2)c2cnn(CCNC(=O)c3ccco3)c2n1. The Morgan fingerprint density at radius 1 is 1.32 bits per heavy atom. The smallest absolute Gasteiger partial charge is 0.287 e. The third-order valence-corrected chi connectivity index (χ3v) is 5.70. The number of carbonyl (C=O) groups excluding carboxylic acids is 1. The predicted octanol–water partition coefficient (Wildman–Crippen LogP) is 2.95. The number of aromatic nitrogens is 4. The van der Waals surface area contributed by atoms with Crippen LogP contribution in [0.1, 0.15) is 36.7 Å². The topological polar surface area (TPSA) is 89.1 Å². The van der Waals surface area contributed by atoms with Gasteiger partial charge in [-0.05, 0) is 31.4 Å². The Balaban J connectivity index is 1.54. The lowest BCUT2D eigenvalue weighted by molar-refractivity contribution is 0.0924. The summed E-state index contributed by atoms with van der Waals surface area (Å²) in [5, 5.41) is 9.13. The number of hydrogen-bond acceptors (Lipinski definition) is 7. The van der Waals surface area contributed by atoms with E-state index < -0.39 is 0 Å². The molecule has 0 bridgehead atoms. The Morgan fingerprint density at radius 2 is 2.18 bits per heavy atom. The number of anilines is 1. The Bertz CT molecular complexity index is 933. The molecular weight excluding hydrogens is 376 g/mol. The fourth-order valence-electron chi connectivity index (χ4n) is 3.28. The first-order chi connectivity index (χ1) is 13.8. The summed E-state index contributed by atoms with van der Waals surface area (Å²) >= 11 is 1.68. The van der Waals surface area contributed by atoms with Crippen molar-refractivity contribution in [3.8, 4) is 0 Å². The number of nitrogens with zero attached hydrogens (tertiary/aromatic N) is 5. The minimum absolute atomic E-state index is 0.229. The highest BCUT2D eigenvalue weighted by molar-refractivity contribution is 7.99. The van der Waals surface area contributed by atoms with Crippen LogP contribution in [-0.4, -0.2) is 51.0 Å². The summed E-state index contributed by atoms with van der Waals surface area (Å²) in [7, 11) is 0. The Kier molecular flexibility index (Phi) is 5.80. The number of fused-ring (bicyclic) bond motifs is 1. The molecule has 148 valence electrons. The molecule has 1 aliphatic rings. The van der Waals surface area contributed by atoms with Gasteiger partial charge < -0.3 is 14.6 Å². The predicted molar refractivity (Wildman–Crippen MR) is 109 cm³/mol. The largest absolute Gasteiger partial charge is 0.459 e. The van der Waals surface area contributed by atoms with Gasteiger partial charge in [0.25, 0.3) is 5.91 Å². The summed E-state index contributed by atoms with van der Waals surface area (Å²) in [4.78, 5) is 23.9. The number of nitrogens with one attached hydrogen (secondary N) is 1. The number of carbonyl (C=O) groups is 1. The molecule has 3 aromatic heterocycles. The zero-order valence-electron chi connectivity index (χ0n) is 15.9. The lowest BCUT2D eigenvalue weighted by Gasteiger charge is -2.18. The maximum Gasteiger partial charge on any atom is 0.287 e. The van der Waals surface area contributed by atoms with E-state index in [1.807, 2.05) is 10.9 Å². The van der Waals surface area contributed by atoms with E-state index in [1.165, 1.54) is 19.1 Å². The first kappa shape index (κ1) is 18.8. The summed E-state index contributed by atoms with van der Waals surface area (Å²) in [6, 6.07) is 3.34. The average molecular weight is 401 g/mol. The van der Waals surface area contributed by atoms with Crippen LogP contribution >= 0.6 is 11.8 Å². The van der Waals surface area contributed by atoms with Gasteiger partial charge in [-0.2, -0.15) is 5.10 Å². The van der Waals surface area contributed by atoms with Crippen LogP contribution in [0.15, 0.2) is 34.2 Å². The monoisotopic (exact) mass is 400 g/mol. The molecule has 8 nitrogen and oxygen atoms in total. The highest BCUT2D eigenvalue weighted by Crippen LogP contribution is 2.29. The molecule has 0 saturated carbocycles. The molecule has 1 fully saturated rings. The van der Waals surface area contributed by atoms with E-state index in [0.29, 0.717) is 18.8 Å². The van der Waals surface area contributed by atoms with Gasteiger partial charge in [0.2, 0.25) is 0 Å². The van der Waals surface area contributed by atoms with Crippen molar-refractivity contribution in [2.75, 3.05) is 30.3 Å². The molecule has 1 aliphatic heterocycles. The summed E-state index contributed by atoms with van der Waals surface area (Å²) in [6.07, 6.45) is 6.78. The zero-order valence-corrected chi connectivity index (χ0v) is 16.7. The molecule has 0 spiro atoms. The second-order valence-corrected chi connectivity index (χ2v) is 7.77. The van der Waals surface area contributed by atoms with Crippen LogP contribution in [0.3, 0.4) is 0 Å². The van der Waals surface area contributed by atoms with Gasteiger partial charge >= 0.3 is 0 Å². The van der Waals surface area contributed by atoms with Gasteiger partial charge in [-0.25, -0.2) is 14.6 Å². The van der Waals surface area contributed by atoms with E-state index in [4.69, 9.17) is 14.4 Å². The fourth-order valence-corrected chi connectivity index (χ4v) is 3.97. The van der Waals surface area contributed by atoms with Gasteiger partial charge in [-0.15, -0.1) is 0 Å². The summed E-state index contributed by atoms with van der Waals surface area (Å²) in [5.41, 5.74) is 0.822. The Morgan fingerprint density at radius 3 is 2.93 bits per heavy atom. The molecule has 1 saturated heterocycles. The number of rotatable bonds is 8. The van der Waals surface area contributed by atoms with E-state index in [-0.39, 0.29) is 5.91 Å². The Labute approximate surface area is 167 Å². The molecule has 4 rings (SSSR count). The Hall–Kier alpha value is -2.55. The van der Waals surface area contributed by atoms with Gasteiger partial charge in [-0.1, -0.05) is 18.7 Å². The van der Waals surface area contributed by atoms with Crippen LogP contribution in [0.25, 0.3) is 11.0 Å². The molecule has 0 radical (unpaired) electrons. The molecule has 0 aromatic carbocycles. The molecule has 1 amide bonds. The summed E-state index contributed by atoms with van der Waals surface area (Å²) in [5.74, 6) is 2.04. The van der Waals surface area contributed by atoms with Crippen molar-refractivity contribution >= 4 is 34.5 Å². The first-order valence-corrected chi connectivity index (χ1v) is 10.7. The normalized spacial score (nSPS) is 14.1. The second kappa shape index (κ2) is 8.64. The van der Waals surface area contributed by atoms with E-state index in [9.17, 15) is 4.79 Å². The minimum atomic E-state index is -0.229. The molecular formula is C19H24N6O2S. The van der Waals surface area contributed by atoms with Crippen molar-refractivity contribution in [3.05, 3.63) is 30.4 Å². The third kappa shape index (κ3) is 3.99. The molecule has 0 unspecified atom stereocenters.